The Morgan fingerprint density at radius 1 is 0.947 bits per heavy atom. The molecule has 0 heterocycles. The first-order valence-electron chi connectivity index (χ1n) is 6.41. The fourth-order valence-corrected chi connectivity index (χ4v) is 1.99. The second kappa shape index (κ2) is 5.66. The van der Waals surface area contributed by atoms with Crippen molar-refractivity contribution in [2.45, 2.75) is 20.3 Å². The molecule has 96 valence electrons. The number of Topliss-reactive ketones (excluding diaryl/α,β-unsaturated/α-hetero) is 1. The van der Waals surface area contributed by atoms with Gasteiger partial charge in [0.2, 0.25) is 0 Å². The molecule has 1 nitrogen and oxygen atoms in total. The third kappa shape index (κ3) is 3.19. The molecular formula is C18H18O. The summed E-state index contributed by atoms with van der Waals surface area (Å²) < 4.78 is 0. The van der Waals surface area contributed by atoms with Gasteiger partial charge in [-0.2, -0.15) is 0 Å². The van der Waals surface area contributed by atoms with E-state index in [9.17, 15) is 4.79 Å². The number of hydrogen-bond donors (Lipinski definition) is 0. The highest BCUT2D eigenvalue weighted by molar-refractivity contribution is 6.02. The van der Waals surface area contributed by atoms with Crippen LogP contribution in [0.2, 0.25) is 0 Å². The first-order valence-corrected chi connectivity index (χ1v) is 6.41. The highest BCUT2D eigenvalue weighted by Crippen LogP contribution is 2.19. The summed E-state index contributed by atoms with van der Waals surface area (Å²) >= 11 is 0. The van der Waals surface area contributed by atoms with Crippen molar-refractivity contribution in [2.75, 3.05) is 0 Å². The van der Waals surface area contributed by atoms with Gasteiger partial charge >= 0.3 is 0 Å². The molecule has 0 saturated carbocycles. The standard InChI is InChI=1S/C18H18O/c1-13-9-10-17(11-14(13)2)18(19)12-15(3)16-7-5-4-6-8-16/h4-11H,3,12H2,1-2H3. The zero-order valence-electron chi connectivity index (χ0n) is 11.4. The van der Waals surface area contributed by atoms with Crippen LogP contribution in [0.4, 0.5) is 0 Å². The molecule has 0 fully saturated rings. The predicted molar refractivity (Wildman–Crippen MR) is 80.3 cm³/mol. The van der Waals surface area contributed by atoms with Crippen LogP contribution in [-0.2, 0) is 0 Å². The Morgan fingerprint density at radius 2 is 1.63 bits per heavy atom. The average molecular weight is 250 g/mol. The summed E-state index contributed by atoms with van der Waals surface area (Å²) in [6, 6.07) is 15.7. The summed E-state index contributed by atoms with van der Waals surface area (Å²) in [6.07, 6.45) is 0.368. The molecule has 0 amide bonds. The normalized spacial score (nSPS) is 10.2. The Balaban J connectivity index is 2.13. The second-order valence-electron chi connectivity index (χ2n) is 4.87. The van der Waals surface area contributed by atoms with Gasteiger partial charge in [-0.05, 0) is 42.2 Å². The molecule has 0 aromatic heterocycles. The predicted octanol–water partition coefficient (Wildman–Crippen LogP) is 4.59. The number of carbonyl (C=O) groups excluding carboxylic acids is 1. The van der Waals surface area contributed by atoms with E-state index in [-0.39, 0.29) is 5.78 Å². The molecule has 0 aliphatic heterocycles. The van der Waals surface area contributed by atoms with E-state index in [1.54, 1.807) is 0 Å². The summed E-state index contributed by atoms with van der Waals surface area (Å²) in [7, 11) is 0. The number of hydrogen-bond acceptors (Lipinski definition) is 1. The van der Waals surface area contributed by atoms with Crippen molar-refractivity contribution in [3.8, 4) is 0 Å². The Bertz CT molecular complexity index is 609. The van der Waals surface area contributed by atoms with Crippen molar-refractivity contribution in [3.63, 3.8) is 0 Å². The third-order valence-corrected chi connectivity index (χ3v) is 3.38. The Morgan fingerprint density at radius 3 is 2.26 bits per heavy atom. The van der Waals surface area contributed by atoms with E-state index in [4.69, 9.17) is 0 Å². The summed E-state index contributed by atoms with van der Waals surface area (Å²) in [6.45, 7) is 8.08. The molecule has 0 bridgehead atoms. The van der Waals surface area contributed by atoms with E-state index in [2.05, 4.69) is 6.58 Å². The quantitative estimate of drug-likeness (QED) is 0.725. The van der Waals surface area contributed by atoms with Crippen molar-refractivity contribution in [2.24, 2.45) is 0 Å². The number of carbonyl (C=O) groups is 1. The van der Waals surface area contributed by atoms with Gasteiger partial charge < -0.3 is 0 Å². The monoisotopic (exact) mass is 250 g/mol. The van der Waals surface area contributed by atoms with Gasteiger partial charge in [0.25, 0.3) is 0 Å². The molecular weight excluding hydrogens is 232 g/mol. The second-order valence-corrected chi connectivity index (χ2v) is 4.87. The number of benzene rings is 2. The lowest BCUT2D eigenvalue weighted by molar-refractivity contribution is 0.0998. The number of ketones is 1. The molecule has 0 N–H and O–H groups in total. The maximum absolute atomic E-state index is 12.2. The summed E-state index contributed by atoms with van der Waals surface area (Å²) in [5, 5.41) is 0. The molecule has 0 radical (unpaired) electrons. The van der Waals surface area contributed by atoms with Gasteiger partial charge in [0.15, 0.2) is 5.78 Å². The fourth-order valence-electron chi connectivity index (χ4n) is 1.99. The van der Waals surface area contributed by atoms with Gasteiger partial charge in [-0.15, -0.1) is 0 Å². The van der Waals surface area contributed by atoms with E-state index >= 15 is 0 Å². The molecule has 0 aliphatic rings. The van der Waals surface area contributed by atoms with Gasteiger partial charge in [0.05, 0.1) is 0 Å². The van der Waals surface area contributed by atoms with E-state index in [0.29, 0.717) is 6.42 Å². The third-order valence-electron chi connectivity index (χ3n) is 3.38. The van der Waals surface area contributed by atoms with E-state index in [0.717, 1.165) is 22.3 Å². The molecule has 0 unspecified atom stereocenters. The van der Waals surface area contributed by atoms with E-state index in [1.165, 1.54) is 5.56 Å². The maximum Gasteiger partial charge on any atom is 0.167 e. The lowest BCUT2D eigenvalue weighted by Crippen LogP contribution is -2.01. The molecule has 19 heavy (non-hydrogen) atoms. The largest absolute Gasteiger partial charge is 0.294 e. The van der Waals surface area contributed by atoms with Crippen LogP contribution in [0.5, 0.6) is 0 Å². The van der Waals surface area contributed by atoms with Crippen LogP contribution in [-0.4, -0.2) is 5.78 Å². The van der Waals surface area contributed by atoms with Gasteiger partial charge in [0.1, 0.15) is 0 Å². The van der Waals surface area contributed by atoms with Crippen molar-refractivity contribution in [1.82, 2.24) is 0 Å². The van der Waals surface area contributed by atoms with Crippen LogP contribution in [0, 0.1) is 13.8 Å². The average Bonchev–Trinajstić information content (AvgIpc) is 2.42. The molecule has 0 spiro atoms. The van der Waals surface area contributed by atoms with Crippen LogP contribution in [0.1, 0.15) is 33.5 Å². The highest BCUT2D eigenvalue weighted by Gasteiger charge is 2.09. The lowest BCUT2D eigenvalue weighted by atomic mass is 9.97. The van der Waals surface area contributed by atoms with Crippen molar-refractivity contribution >= 4 is 11.4 Å². The minimum Gasteiger partial charge on any atom is -0.294 e. The molecule has 1 heteroatoms. The smallest absolute Gasteiger partial charge is 0.167 e. The Kier molecular flexibility index (Phi) is 3.96. The first kappa shape index (κ1) is 13.3. The van der Waals surface area contributed by atoms with Gasteiger partial charge in [-0.3, -0.25) is 4.79 Å². The summed E-state index contributed by atoms with van der Waals surface area (Å²) in [5.74, 6) is 0.122. The van der Waals surface area contributed by atoms with E-state index in [1.807, 2.05) is 62.4 Å². The van der Waals surface area contributed by atoms with Crippen LogP contribution in [0.3, 0.4) is 0 Å². The van der Waals surface area contributed by atoms with Gasteiger partial charge in [-0.25, -0.2) is 0 Å². The molecule has 2 rings (SSSR count). The zero-order valence-corrected chi connectivity index (χ0v) is 11.4. The van der Waals surface area contributed by atoms with Gasteiger partial charge in [0, 0.05) is 12.0 Å². The topological polar surface area (TPSA) is 17.1 Å². The number of allylic oxidation sites excluding steroid dienone is 1. The Labute approximate surface area is 114 Å². The first-order chi connectivity index (χ1) is 9.08. The molecule has 0 aliphatic carbocycles. The summed E-state index contributed by atoms with van der Waals surface area (Å²) in [4.78, 5) is 12.2. The Hall–Kier alpha value is -2.15. The highest BCUT2D eigenvalue weighted by atomic mass is 16.1. The van der Waals surface area contributed by atoms with Crippen LogP contribution in [0.25, 0.3) is 5.57 Å². The van der Waals surface area contributed by atoms with E-state index < -0.39 is 0 Å². The maximum atomic E-state index is 12.2. The van der Waals surface area contributed by atoms with Crippen LogP contribution < -0.4 is 0 Å². The zero-order chi connectivity index (χ0) is 13.8. The number of aryl methyl sites for hydroxylation is 2. The fraction of sp³-hybridized carbons (Fsp3) is 0.167. The molecule has 0 saturated heterocycles. The van der Waals surface area contributed by atoms with Crippen molar-refractivity contribution in [3.05, 3.63) is 77.4 Å². The molecule has 2 aromatic rings. The minimum absolute atomic E-state index is 0.122. The SMILES string of the molecule is C=C(CC(=O)c1ccc(C)c(C)c1)c1ccccc1. The molecule has 0 atom stereocenters. The van der Waals surface area contributed by atoms with Crippen LogP contribution >= 0.6 is 0 Å². The number of rotatable bonds is 4. The van der Waals surface area contributed by atoms with Crippen molar-refractivity contribution < 1.29 is 4.79 Å². The molecule has 2 aromatic carbocycles. The van der Waals surface area contributed by atoms with Gasteiger partial charge in [-0.1, -0.05) is 49.0 Å². The lowest BCUT2D eigenvalue weighted by Gasteiger charge is -2.07. The van der Waals surface area contributed by atoms with Crippen LogP contribution in [0.15, 0.2) is 55.1 Å². The summed E-state index contributed by atoms with van der Waals surface area (Å²) in [5.41, 5.74) is 5.01. The van der Waals surface area contributed by atoms with Crippen molar-refractivity contribution in [1.29, 1.82) is 0 Å². The minimum atomic E-state index is 0.122.